The van der Waals surface area contributed by atoms with E-state index < -0.39 is 0 Å². The molecule has 4 rings (SSSR count). The van der Waals surface area contributed by atoms with Crippen LogP contribution in [-0.2, 0) is 16.0 Å². The molecule has 0 radical (unpaired) electrons. The molecule has 5 nitrogen and oxygen atoms in total. The quantitative estimate of drug-likeness (QED) is 0.740. The average molecular weight is 388 g/mol. The highest BCUT2D eigenvalue weighted by Gasteiger charge is 2.39. The predicted octanol–water partition coefficient (Wildman–Crippen LogP) is 4.05. The first-order valence-electron chi connectivity index (χ1n) is 9.12. The van der Waals surface area contributed by atoms with E-state index in [1.54, 1.807) is 32.9 Å². The van der Waals surface area contributed by atoms with Crippen molar-refractivity contribution < 1.29 is 19.0 Å². The Morgan fingerprint density at radius 3 is 2.74 bits per heavy atom. The van der Waals surface area contributed by atoms with Crippen molar-refractivity contribution >= 4 is 28.2 Å². The third kappa shape index (κ3) is 3.36. The third-order valence-electron chi connectivity index (χ3n) is 5.49. The first-order chi connectivity index (χ1) is 13.1. The van der Waals surface area contributed by atoms with Gasteiger partial charge in [0.05, 0.1) is 26.4 Å². The molecule has 1 aromatic carbocycles. The summed E-state index contributed by atoms with van der Waals surface area (Å²) in [5.41, 5.74) is 1.62. The van der Waals surface area contributed by atoms with E-state index in [9.17, 15) is 4.79 Å². The molecule has 6 heteroatoms. The largest absolute Gasteiger partial charge is 0.497 e. The van der Waals surface area contributed by atoms with Gasteiger partial charge in [-0.1, -0.05) is 0 Å². The number of rotatable bonds is 4. The van der Waals surface area contributed by atoms with Gasteiger partial charge in [0, 0.05) is 35.2 Å². The Kier molecular flexibility index (Phi) is 4.96. The van der Waals surface area contributed by atoms with Crippen LogP contribution < -0.4 is 9.47 Å². The Morgan fingerprint density at radius 2 is 1.96 bits per heavy atom. The zero-order valence-electron chi connectivity index (χ0n) is 15.4. The van der Waals surface area contributed by atoms with Gasteiger partial charge in [0.2, 0.25) is 0 Å². The van der Waals surface area contributed by atoms with Gasteiger partial charge >= 0.3 is 0 Å². The Hall–Kier alpha value is -2.27. The molecule has 1 fully saturated rings. The van der Waals surface area contributed by atoms with Gasteiger partial charge in [-0.2, -0.15) is 0 Å². The highest BCUT2D eigenvalue weighted by molar-refractivity contribution is 6.21. The highest BCUT2D eigenvalue weighted by Crippen LogP contribution is 2.37. The second-order valence-electron chi connectivity index (χ2n) is 7.10. The van der Waals surface area contributed by atoms with Gasteiger partial charge in [0.1, 0.15) is 6.10 Å². The van der Waals surface area contributed by atoms with Crippen molar-refractivity contribution in [2.24, 2.45) is 5.92 Å². The van der Waals surface area contributed by atoms with E-state index >= 15 is 0 Å². The number of Topliss-reactive ketones (excluding diaryl/α,β-unsaturated/α-hetero) is 1. The Labute approximate surface area is 163 Å². The molecule has 2 aromatic rings. The Bertz CT molecular complexity index is 910. The standard InChI is InChI=1S/C21H22ClNO4/c1-25-19-6-13-10-23-9-12(16(13)8-20(19)26-2)5-14-11-27-18-4-3-15(22)7-17(18)21(14)24/h6,8-11,15,17-18H,3-5,7H2,1-2H3. The summed E-state index contributed by atoms with van der Waals surface area (Å²) >= 11 is 6.29. The number of allylic oxidation sites excluding steroid dienone is 1. The molecule has 3 unspecified atom stereocenters. The molecule has 27 heavy (non-hydrogen) atoms. The van der Waals surface area contributed by atoms with Crippen molar-refractivity contribution in [2.75, 3.05) is 14.2 Å². The van der Waals surface area contributed by atoms with Crippen LogP contribution in [0.3, 0.4) is 0 Å². The van der Waals surface area contributed by atoms with Crippen molar-refractivity contribution in [3.8, 4) is 11.5 Å². The number of carbonyl (C=O) groups excluding carboxylic acids is 1. The summed E-state index contributed by atoms with van der Waals surface area (Å²) < 4.78 is 16.7. The van der Waals surface area contributed by atoms with E-state index in [4.69, 9.17) is 25.8 Å². The lowest BCUT2D eigenvalue weighted by Gasteiger charge is -2.35. The Balaban J connectivity index is 1.67. The fraction of sp³-hybridized carbons (Fsp3) is 0.429. The minimum absolute atomic E-state index is 0.0359. The number of halogens is 1. The fourth-order valence-electron chi connectivity index (χ4n) is 4.03. The number of hydrogen-bond donors (Lipinski definition) is 0. The third-order valence-corrected chi connectivity index (χ3v) is 5.88. The van der Waals surface area contributed by atoms with Crippen LogP contribution in [0.2, 0.25) is 0 Å². The van der Waals surface area contributed by atoms with Crippen molar-refractivity contribution in [1.82, 2.24) is 4.98 Å². The summed E-state index contributed by atoms with van der Waals surface area (Å²) in [5.74, 6) is 1.31. The Morgan fingerprint density at radius 1 is 1.19 bits per heavy atom. The molecule has 142 valence electrons. The van der Waals surface area contributed by atoms with Gasteiger partial charge in [0.25, 0.3) is 0 Å². The number of pyridine rings is 1. The van der Waals surface area contributed by atoms with E-state index in [2.05, 4.69) is 4.98 Å². The minimum atomic E-state index is -0.140. The summed E-state index contributed by atoms with van der Waals surface area (Å²) in [7, 11) is 3.21. The molecule has 0 bridgehead atoms. The number of hydrogen-bond acceptors (Lipinski definition) is 5. The lowest BCUT2D eigenvalue weighted by molar-refractivity contribution is -0.127. The van der Waals surface area contributed by atoms with Crippen LogP contribution in [0.25, 0.3) is 10.8 Å². The van der Waals surface area contributed by atoms with E-state index in [-0.39, 0.29) is 23.2 Å². The summed E-state index contributed by atoms with van der Waals surface area (Å²) in [6, 6.07) is 3.83. The first-order valence-corrected chi connectivity index (χ1v) is 9.55. The predicted molar refractivity (Wildman–Crippen MR) is 103 cm³/mol. The summed E-state index contributed by atoms with van der Waals surface area (Å²) in [6.45, 7) is 0. The fourth-order valence-corrected chi connectivity index (χ4v) is 4.35. The molecule has 0 spiro atoms. The van der Waals surface area contributed by atoms with Gasteiger partial charge in [-0.15, -0.1) is 11.6 Å². The van der Waals surface area contributed by atoms with Crippen molar-refractivity contribution in [2.45, 2.75) is 37.2 Å². The SMILES string of the molecule is COc1cc2cncc(CC3=COC4CCC(Cl)CC4C3=O)c2cc1OC. The number of ether oxygens (including phenoxy) is 3. The second kappa shape index (κ2) is 7.39. The molecular formula is C21H22ClNO4. The minimum Gasteiger partial charge on any atom is -0.497 e. The average Bonchev–Trinajstić information content (AvgIpc) is 2.69. The zero-order chi connectivity index (χ0) is 19.0. The van der Waals surface area contributed by atoms with Gasteiger partial charge in [0.15, 0.2) is 17.3 Å². The van der Waals surface area contributed by atoms with Crippen LogP contribution in [0.15, 0.2) is 36.4 Å². The van der Waals surface area contributed by atoms with Crippen LogP contribution in [0, 0.1) is 5.92 Å². The molecular weight excluding hydrogens is 366 g/mol. The first kappa shape index (κ1) is 18.1. The van der Waals surface area contributed by atoms with Gasteiger partial charge in [-0.05, 0) is 42.3 Å². The summed E-state index contributed by atoms with van der Waals surface area (Å²) in [5, 5.41) is 1.97. The zero-order valence-corrected chi connectivity index (χ0v) is 16.2. The topological polar surface area (TPSA) is 57.7 Å². The van der Waals surface area contributed by atoms with E-state index in [0.29, 0.717) is 29.9 Å². The number of alkyl halides is 1. The normalized spacial score (nSPS) is 24.8. The number of nitrogens with zero attached hydrogens (tertiary/aromatic N) is 1. The summed E-state index contributed by atoms with van der Waals surface area (Å²) in [6.07, 6.45) is 8.05. The van der Waals surface area contributed by atoms with Crippen LogP contribution >= 0.6 is 11.6 Å². The monoisotopic (exact) mass is 387 g/mol. The number of benzene rings is 1. The molecule has 2 aliphatic rings. The highest BCUT2D eigenvalue weighted by atomic mass is 35.5. The van der Waals surface area contributed by atoms with Gasteiger partial charge < -0.3 is 14.2 Å². The number of aromatic nitrogens is 1. The molecule has 3 atom stereocenters. The maximum Gasteiger partial charge on any atom is 0.169 e. The lowest BCUT2D eigenvalue weighted by atomic mass is 9.79. The molecule has 0 saturated heterocycles. The lowest BCUT2D eigenvalue weighted by Crippen LogP contribution is -2.40. The number of fused-ring (bicyclic) bond motifs is 2. The summed E-state index contributed by atoms with van der Waals surface area (Å²) in [4.78, 5) is 17.3. The van der Waals surface area contributed by atoms with E-state index in [1.165, 1.54) is 0 Å². The van der Waals surface area contributed by atoms with Gasteiger partial charge in [-0.3, -0.25) is 9.78 Å². The molecule has 1 aliphatic carbocycles. The molecule has 1 aromatic heterocycles. The number of ketones is 1. The van der Waals surface area contributed by atoms with Gasteiger partial charge in [-0.25, -0.2) is 0 Å². The van der Waals surface area contributed by atoms with Crippen LogP contribution in [-0.4, -0.2) is 36.5 Å². The second-order valence-corrected chi connectivity index (χ2v) is 7.72. The maximum atomic E-state index is 13.0. The number of carbonyl (C=O) groups is 1. The molecule has 0 amide bonds. The van der Waals surface area contributed by atoms with Crippen LogP contribution in [0.1, 0.15) is 24.8 Å². The van der Waals surface area contributed by atoms with Crippen molar-refractivity contribution in [3.63, 3.8) is 0 Å². The molecule has 0 N–H and O–H groups in total. The smallest absolute Gasteiger partial charge is 0.169 e. The van der Waals surface area contributed by atoms with E-state index in [1.807, 2.05) is 12.1 Å². The van der Waals surface area contributed by atoms with Crippen molar-refractivity contribution in [3.05, 3.63) is 41.9 Å². The van der Waals surface area contributed by atoms with Crippen LogP contribution in [0.4, 0.5) is 0 Å². The molecule has 1 saturated carbocycles. The number of methoxy groups -OCH3 is 2. The molecule has 1 aliphatic heterocycles. The van der Waals surface area contributed by atoms with E-state index in [0.717, 1.165) is 29.2 Å². The van der Waals surface area contributed by atoms with Crippen LogP contribution in [0.5, 0.6) is 11.5 Å². The van der Waals surface area contributed by atoms with Crippen molar-refractivity contribution in [1.29, 1.82) is 0 Å². The molecule has 2 heterocycles. The maximum absolute atomic E-state index is 13.0.